The molecule has 2 aromatic carbocycles. The van der Waals surface area contributed by atoms with Crippen LogP contribution in [0.25, 0.3) is 16.9 Å². The molecular weight excluding hydrogens is 420 g/mol. The first-order chi connectivity index (χ1) is 15.9. The summed E-state index contributed by atoms with van der Waals surface area (Å²) >= 11 is 0. The van der Waals surface area contributed by atoms with Crippen molar-refractivity contribution in [3.05, 3.63) is 65.9 Å². The highest BCUT2D eigenvalue weighted by atomic mass is 16.7. The van der Waals surface area contributed by atoms with E-state index < -0.39 is 11.8 Å². The van der Waals surface area contributed by atoms with E-state index in [0.717, 1.165) is 22.7 Å². The molecule has 1 aliphatic rings. The molecule has 7 nitrogen and oxygen atoms in total. The number of hydrogen-bond donors (Lipinski definition) is 1. The summed E-state index contributed by atoms with van der Waals surface area (Å²) in [5, 5.41) is 16.3. The molecule has 174 valence electrons. The molecule has 0 amide bonds. The van der Waals surface area contributed by atoms with E-state index in [1.807, 2.05) is 35.0 Å². The summed E-state index contributed by atoms with van der Waals surface area (Å²) in [7, 11) is 1.64. The normalized spacial score (nSPS) is 20.3. The lowest BCUT2D eigenvalue weighted by molar-refractivity contribution is -0.0554. The van der Waals surface area contributed by atoms with E-state index in [1.54, 1.807) is 14.0 Å². The Labute approximate surface area is 193 Å². The zero-order chi connectivity index (χ0) is 23.4. The van der Waals surface area contributed by atoms with E-state index in [0.29, 0.717) is 31.4 Å². The maximum atomic E-state index is 11.6. The molecule has 1 aromatic heterocycles. The second kappa shape index (κ2) is 9.67. The second-order valence-electron chi connectivity index (χ2n) is 8.42. The van der Waals surface area contributed by atoms with Crippen molar-refractivity contribution in [3.63, 3.8) is 0 Å². The van der Waals surface area contributed by atoms with Crippen LogP contribution in [0.4, 0.5) is 4.79 Å². The van der Waals surface area contributed by atoms with Crippen LogP contribution >= 0.6 is 0 Å². The lowest BCUT2D eigenvalue weighted by Crippen LogP contribution is -2.35. The summed E-state index contributed by atoms with van der Waals surface area (Å²) in [5.74, 6) is 0.765. The van der Waals surface area contributed by atoms with Gasteiger partial charge in [0.25, 0.3) is 0 Å². The van der Waals surface area contributed by atoms with Gasteiger partial charge in [-0.25, -0.2) is 9.48 Å². The van der Waals surface area contributed by atoms with E-state index in [2.05, 4.69) is 31.2 Å². The summed E-state index contributed by atoms with van der Waals surface area (Å²) in [5.41, 5.74) is 3.48. The van der Waals surface area contributed by atoms with Gasteiger partial charge in [0.2, 0.25) is 0 Å². The van der Waals surface area contributed by atoms with Crippen molar-refractivity contribution in [1.82, 2.24) is 9.78 Å². The number of carbonyl (C=O) groups is 1. The van der Waals surface area contributed by atoms with Gasteiger partial charge in [0.15, 0.2) is 0 Å². The number of methoxy groups -OCH3 is 1. The van der Waals surface area contributed by atoms with Crippen molar-refractivity contribution >= 4 is 6.16 Å². The van der Waals surface area contributed by atoms with Crippen LogP contribution in [-0.4, -0.2) is 40.9 Å². The fourth-order valence-electron chi connectivity index (χ4n) is 4.19. The van der Waals surface area contributed by atoms with Gasteiger partial charge in [-0.2, -0.15) is 5.10 Å². The van der Waals surface area contributed by atoms with Crippen molar-refractivity contribution in [1.29, 1.82) is 0 Å². The lowest BCUT2D eigenvalue weighted by Gasteiger charge is -2.34. The van der Waals surface area contributed by atoms with Crippen LogP contribution < -0.4 is 4.74 Å². The highest BCUT2D eigenvalue weighted by Gasteiger charge is 2.39. The quantitative estimate of drug-likeness (QED) is 0.523. The lowest BCUT2D eigenvalue weighted by atomic mass is 9.81. The van der Waals surface area contributed by atoms with Crippen LogP contribution in [0.15, 0.2) is 54.6 Å². The van der Waals surface area contributed by atoms with E-state index in [4.69, 9.17) is 19.3 Å². The number of nitrogens with zero attached hydrogens (tertiary/aromatic N) is 2. The Kier molecular flexibility index (Phi) is 6.70. The number of carbonyl (C=O) groups excluding carboxylic acids is 1. The number of aromatic nitrogens is 2. The average molecular weight is 451 g/mol. The van der Waals surface area contributed by atoms with Crippen molar-refractivity contribution in [3.8, 4) is 22.7 Å². The molecule has 1 aliphatic carbocycles. The largest absolute Gasteiger partial charge is 0.508 e. The van der Waals surface area contributed by atoms with E-state index in [1.165, 1.54) is 5.56 Å². The summed E-state index contributed by atoms with van der Waals surface area (Å²) in [6, 6.07) is 17.9. The molecule has 1 fully saturated rings. The summed E-state index contributed by atoms with van der Waals surface area (Å²) in [4.78, 5) is 11.6. The monoisotopic (exact) mass is 450 g/mol. The fraction of sp³-hybridized carbons (Fsp3) is 0.385. The number of aliphatic hydroxyl groups is 1. The predicted octanol–water partition coefficient (Wildman–Crippen LogP) is 5.16. The molecule has 0 saturated heterocycles. The molecule has 4 rings (SSSR count). The Hall–Kier alpha value is -3.32. The molecule has 1 saturated carbocycles. The number of benzene rings is 2. The van der Waals surface area contributed by atoms with Crippen LogP contribution in [0.1, 0.15) is 43.9 Å². The Morgan fingerprint density at radius 1 is 1.12 bits per heavy atom. The first-order valence-electron chi connectivity index (χ1n) is 11.3. The van der Waals surface area contributed by atoms with Crippen molar-refractivity contribution in [2.45, 2.75) is 51.2 Å². The molecule has 0 radical (unpaired) electrons. The number of hydrogen-bond acceptors (Lipinski definition) is 6. The maximum absolute atomic E-state index is 11.6. The standard InChI is InChI=1S/C26H30N2O5/c1-4-32-25(29)33-22-13-15-26(30,16-14-22)24-17-23(19-7-5-18(2)6-8-19)28(27-24)20-9-11-21(31-3)12-10-20/h5-12,17,22,30H,4,13-16H2,1-3H3. The van der Waals surface area contributed by atoms with Crippen LogP contribution in [0.5, 0.6) is 5.75 Å². The van der Waals surface area contributed by atoms with Gasteiger partial charge in [0.05, 0.1) is 30.8 Å². The molecule has 3 aromatic rings. The molecule has 0 unspecified atom stereocenters. The van der Waals surface area contributed by atoms with Gasteiger partial charge in [-0.05, 0) is 69.9 Å². The van der Waals surface area contributed by atoms with Gasteiger partial charge >= 0.3 is 6.16 Å². The Bertz CT molecular complexity index is 1080. The minimum absolute atomic E-state index is 0.260. The van der Waals surface area contributed by atoms with Crippen molar-refractivity contribution in [2.75, 3.05) is 13.7 Å². The highest BCUT2D eigenvalue weighted by Crippen LogP contribution is 2.39. The minimum atomic E-state index is -1.09. The topological polar surface area (TPSA) is 82.8 Å². The minimum Gasteiger partial charge on any atom is -0.497 e. The Morgan fingerprint density at radius 2 is 1.79 bits per heavy atom. The molecule has 7 heteroatoms. The van der Waals surface area contributed by atoms with Crippen molar-refractivity contribution in [2.24, 2.45) is 0 Å². The van der Waals surface area contributed by atoms with Gasteiger partial charge in [0.1, 0.15) is 17.5 Å². The van der Waals surface area contributed by atoms with Crippen molar-refractivity contribution < 1.29 is 24.1 Å². The van der Waals surface area contributed by atoms with Gasteiger partial charge in [-0.15, -0.1) is 0 Å². The number of rotatable bonds is 6. The zero-order valence-electron chi connectivity index (χ0n) is 19.3. The number of ether oxygens (including phenoxy) is 3. The first-order valence-corrected chi connectivity index (χ1v) is 11.3. The molecular formula is C26H30N2O5. The van der Waals surface area contributed by atoms with Crippen LogP contribution in [0.2, 0.25) is 0 Å². The highest BCUT2D eigenvalue weighted by molar-refractivity contribution is 5.64. The molecule has 0 aliphatic heterocycles. The van der Waals surface area contributed by atoms with Crippen LogP contribution in [-0.2, 0) is 15.1 Å². The number of aryl methyl sites for hydroxylation is 1. The molecule has 0 spiro atoms. The molecule has 0 atom stereocenters. The first kappa shape index (κ1) is 22.9. The molecule has 33 heavy (non-hydrogen) atoms. The molecule has 1 heterocycles. The SMILES string of the molecule is CCOC(=O)OC1CCC(O)(c2cc(-c3ccc(C)cc3)n(-c3ccc(OC)cc3)n2)CC1. The van der Waals surface area contributed by atoms with Gasteiger partial charge in [-0.1, -0.05) is 29.8 Å². The summed E-state index contributed by atoms with van der Waals surface area (Å²) in [6.07, 6.45) is 1.08. The average Bonchev–Trinajstić information content (AvgIpc) is 3.28. The summed E-state index contributed by atoms with van der Waals surface area (Å²) < 4.78 is 17.4. The van der Waals surface area contributed by atoms with Gasteiger partial charge in [-0.3, -0.25) is 0 Å². The van der Waals surface area contributed by atoms with Gasteiger partial charge < -0.3 is 19.3 Å². The predicted molar refractivity (Wildman–Crippen MR) is 125 cm³/mol. The zero-order valence-corrected chi connectivity index (χ0v) is 19.3. The second-order valence-corrected chi connectivity index (χ2v) is 8.42. The summed E-state index contributed by atoms with van der Waals surface area (Å²) in [6.45, 7) is 4.07. The van der Waals surface area contributed by atoms with E-state index >= 15 is 0 Å². The fourth-order valence-corrected chi connectivity index (χ4v) is 4.19. The Balaban J connectivity index is 1.63. The van der Waals surface area contributed by atoms with E-state index in [-0.39, 0.29) is 12.7 Å². The molecule has 0 bridgehead atoms. The van der Waals surface area contributed by atoms with E-state index in [9.17, 15) is 9.90 Å². The smallest absolute Gasteiger partial charge is 0.497 e. The third-order valence-corrected chi connectivity index (χ3v) is 6.14. The van der Waals surface area contributed by atoms with Gasteiger partial charge in [0, 0.05) is 5.56 Å². The molecule has 1 N–H and O–H groups in total. The van der Waals surface area contributed by atoms with Crippen LogP contribution in [0.3, 0.4) is 0 Å². The maximum Gasteiger partial charge on any atom is 0.508 e. The Morgan fingerprint density at radius 3 is 2.39 bits per heavy atom. The third-order valence-electron chi connectivity index (χ3n) is 6.14. The van der Waals surface area contributed by atoms with Crippen LogP contribution in [0, 0.1) is 6.92 Å². The third kappa shape index (κ3) is 5.03.